The molecule has 1 aliphatic heterocycles. The molecular formula is C53H47N3O11. The van der Waals surface area contributed by atoms with Crippen LogP contribution in [0.15, 0.2) is 158 Å². The fourth-order valence-corrected chi connectivity index (χ4v) is 7.80. The molecular weight excluding hydrogens is 855 g/mol. The first-order chi connectivity index (χ1) is 32.5. The third-order valence-electron chi connectivity index (χ3n) is 11.4. The van der Waals surface area contributed by atoms with E-state index < -0.39 is 67.1 Å². The molecule has 0 unspecified atom stereocenters. The third kappa shape index (κ3) is 10.6. The fraction of sp³-hybridized carbons (Fsp3) is 0.226. The van der Waals surface area contributed by atoms with Crippen molar-refractivity contribution in [2.45, 2.75) is 63.8 Å². The Morgan fingerprint density at radius 3 is 1.66 bits per heavy atom. The standard InChI is InChI=1S/C53H47N3O11/c1-33(2)40-26-25-35(41-27-24-34(3)42(41)30-40)28-29-62-53(61)43-31-54-55-56(43)48-47(67-52(60)39-22-14-7-15-23-39)46(66-51(59)38-20-12-6-13-21-38)45(65-50(58)37-18-10-5-11-19-37)44(64-48)32-63-49(57)36-16-8-4-9-17-36/h4-27,30-31,33,44-48H,28-29,32H2,1-3H3/t44-,45-,46+,47+,48+/m1/s1. The Kier molecular flexibility index (Phi) is 14.2. The van der Waals surface area contributed by atoms with Gasteiger partial charge in [0, 0.05) is 6.42 Å². The van der Waals surface area contributed by atoms with Crippen LogP contribution in [-0.4, -0.2) is 82.5 Å². The van der Waals surface area contributed by atoms with Crippen molar-refractivity contribution >= 4 is 29.8 Å². The van der Waals surface area contributed by atoms with Crippen molar-refractivity contribution in [3.63, 3.8) is 0 Å². The number of carbonyl (C=O) groups excluding carboxylic acids is 5. The highest BCUT2D eigenvalue weighted by Gasteiger charge is 2.55. The quantitative estimate of drug-likeness (QED) is 0.0708. The van der Waals surface area contributed by atoms with E-state index in [1.807, 2.05) is 6.07 Å². The van der Waals surface area contributed by atoms with E-state index >= 15 is 0 Å². The van der Waals surface area contributed by atoms with Crippen LogP contribution in [0.1, 0.15) is 94.6 Å². The summed E-state index contributed by atoms with van der Waals surface area (Å²) in [4.78, 5) is 69.7. The van der Waals surface area contributed by atoms with Gasteiger partial charge in [-0.05, 0) is 89.2 Å². The highest BCUT2D eigenvalue weighted by Crippen LogP contribution is 2.37. The first-order valence-electron chi connectivity index (χ1n) is 21.8. The molecule has 5 atom stereocenters. The van der Waals surface area contributed by atoms with Crippen LogP contribution >= 0.6 is 0 Å². The molecule has 4 aromatic carbocycles. The van der Waals surface area contributed by atoms with Gasteiger partial charge in [-0.25, -0.2) is 28.7 Å². The van der Waals surface area contributed by atoms with E-state index in [0.29, 0.717) is 12.3 Å². The molecule has 8 rings (SSSR count). The van der Waals surface area contributed by atoms with Crippen LogP contribution in [0.3, 0.4) is 0 Å². The van der Waals surface area contributed by atoms with Gasteiger partial charge >= 0.3 is 29.8 Å². The molecule has 0 radical (unpaired) electrons. The average Bonchev–Trinajstić information content (AvgIpc) is 3.95. The van der Waals surface area contributed by atoms with Crippen LogP contribution in [0, 0.1) is 6.92 Å². The first-order valence-corrected chi connectivity index (χ1v) is 21.8. The van der Waals surface area contributed by atoms with Crippen molar-refractivity contribution in [1.82, 2.24) is 15.0 Å². The minimum Gasteiger partial charge on any atom is -0.461 e. The highest BCUT2D eigenvalue weighted by atomic mass is 16.7. The van der Waals surface area contributed by atoms with Crippen molar-refractivity contribution in [1.29, 1.82) is 0 Å². The Morgan fingerprint density at radius 2 is 1.10 bits per heavy atom. The Hall–Kier alpha value is -7.97. The van der Waals surface area contributed by atoms with E-state index in [2.05, 4.69) is 55.3 Å². The van der Waals surface area contributed by atoms with Crippen molar-refractivity contribution in [3.05, 3.63) is 202 Å². The molecule has 0 saturated carbocycles. The van der Waals surface area contributed by atoms with E-state index in [1.165, 1.54) is 42.0 Å². The molecule has 14 heteroatoms. The van der Waals surface area contributed by atoms with Gasteiger partial charge in [0.15, 0.2) is 30.2 Å². The minimum atomic E-state index is -1.70. The van der Waals surface area contributed by atoms with Crippen molar-refractivity contribution < 1.29 is 52.4 Å². The SMILES string of the molecule is Cc1ccc2c(CCOC(=O)c3cnnn3[C@H]3O[C@H](COC(=O)c4ccccc4)[C@@H](OC(=O)c4ccccc4)[C@H](OC(=O)c4ccccc4)[C@@H]3OC(=O)c3ccccc3)ccc(C(C)C)cc1-2. The van der Waals surface area contributed by atoms with Gasteiger partial charge in [0.1, 0.15) is 12.7 Å². The monoisotopic (exact) mass is 901 g/mol. The molecule has 3 aliphatic rings. The van der Waals surface area contributed by atoms with E-state index in [0.717, 1.165) is 33.1 Å². The second-order valence-electron chi connectivity index (χ2n) is 16.2. The summed E-state index contributed by atoms with van der Waals surface area (Å²) in [6.07, 6.45) is -6.53. The van der Waals surface area contributed by atoms with Crippen LogP contribution in [0.5, 0.6) is 0 Å². The second kappa shape index (κ2) is 20.9. The summed E-state index contributed by atoms with van der Waals surface area (Å²) in [7, 11) is 0. The van der Waals surface area contributed by atoms with Gasteiger partial charge in [0.2, 0.25) is 0 Å². The number of rotatable bonds is 15. The highest BCUT2D eigenvalue weighted by molar-refractivity contribution is 5.92. The lowest BCUT2D eigenvalue weighted by Crippen LogP contribution is -2.61. The van der Waals surface area contributed by atoms with Crippen LogP contribution in [0.25, 0.3) is 11.1 Å². The summed E-state index contributed by atoms with van der Waals surface area (Å²) in [6, 6.07) is 42.7. The van der Waals surface area contributed by atoms with Crippen LogP contribution in [0.2, 0.25) is 0 Å². The van der Waals surface area contributed by atoms with Crippen LogP contribution < -0.4 is 0 Å². The van der Waals surface area contributed by atoms with Crippen molar-refractivity contribution in [3.8, 4) is 11.1 Å². The predicted molar refractivity (Wildman–Crippen MR) is 243 cm³/mol. The molecule has 1 fully saturated rings. The zero-order chi connectivity index (χ0) is 46.9. The predicted octanol–water partition coefficient (Wildman–Crippen LogP) is 8.65. The molecule has 1 aromatic heterocycles. The number of carbonyl (C=O) groups is 5. The summed E-state index contributed by atoms with van der Waals surface area (Å²) in [5.74, 6) is -3.90. The zero-order valence-corrected chi connectivity index (χ0v) is 36.9. The van der Waals surface area contributed by atoms with Crippen LogP contribution in [-0.2, 0) is 34.8 Å². The Morgan fingerprint density at radius 1 is 0.582 bits per heavy atom. The second-order valence-corrected chi connectivity index (χ2v) is 16.2. The molecule has 340 valence electrons. The van der Waals surface area contributed by atoms with E-state index in [1.54, 1.807) is 84.9 Å². The number of benzene rings is 4. The molecule has 14 nitrogen and oxygen atoms in total. The summed E-state index contributed by atoms with van der Waals surface area (Å²) >= 11 is 0. The molecule has 2 aliphatic carbocycles. The maximum Gasteiger partial charge on any atom is 0.358 e. The van der Waals surface area contributed by atoms with E-state index in [4.69, 9.17) is 28.4 Å². The van der Waals surface area contributed by atoms with Gasteiger partial charge in [-0.1, -0.05) is 122 Å². The summed E-state index contributed by atoms with van der Waals surface area (Å²) in [5, 5.41) is 8.24. The molecule has 0 spiro atoms. The number of fused-ring (bicyclic) bond motifs is 1. The maximum absolute atomic E-state index is 14.1. The fourth-order valence-electron chi connectivity index (χ4n) is 7.80. The number of hydrogen-bond donors (Lipinski definition) is 0. The summed E-state index contributed by atoms with van der Waals surface area (Å²) in [5.41, 5.74) is 5.81. The number of ether oxygens (including phenoxy) is 6. The Bertz CT molecular complexity index is 2800. The molecule has 0 N–H and O–H groups in total. The van der Waals surface area contributed by atoms with Gasteiger partial charge < -0.3 is 28.4 Å². The van der Waals surface area contributed by atoms with Crippen LogP contribution in [0.4, 0.5) is 0 Å². The molecule has 2 heterocycles. The summed E-state index contributed by atoms with van der Waals surface area (Å²) < 4.78 is 37.8. The lowest BCUT2D eigenvalue weighted by Gasteiger charge is -2.44. The van der Waals surface area contributed by atoms with Crippen molar-refractivity contribution in [2.24, 2.45) is 0 Å². The first kappa shape index (κ1) is 45.6. The van der Waals surface area contributed by atoms with Gasteiger partial charge in [0.05, 0.1) is 35.1 Å². The Labute approximate surface area is 386 Å². The number of aryl methyl sites for hydroxylation is 1. The molecule has 1 saturated heterocycles. The van der Waals surface area contributed by atoms with Gasteiger partial charge in [-0.15, -0.1) is 5.10 Å². The third-order valence-corrected chi connectivity index (χ3v) is 11.4. The average molecular weight is 902 g/mol. The number of nitrogens with zero attached hydrogens (tertiary/aromatic N) is 3. The Balaban J connectivity index is 1.16. The molecule has 5 aromatic rings. The number of hydrogen-bond acceptors (Lipinski definition) is 13. The molecule has 67 heavy (non-hydrogen) atoms. The minimum absolute atomic E-state index is 0.0325. The lowest BCUT2D eigenvalue weighted by atomic mass is 9.96. The summed E-state index contributed by atoms with van der Waals surface area (Å²) in [6.45, 7) is 5.71. The largest absolute Gasteiger partial charge is 0.461 e. The molecule has 0 bridgehead atoms. The zero-order valence-electron chi connectivity index (χ0n) is 36.9. The van der Waals surface area contributed by atoms with Gasteiger partial charge in [-0.3, -0.25) is 0 Å². The number of aromatic nitrogens is 3. The topological polar surface area (TPSA) is 171 Å². The number of esters is 5. The van der Waals surface area contributed by atoms with E-state index in [9.17, 15) is 24.0 Å². The normalized spacial score (nSPS) is 17.9. The lowest BCUT2D eigenvalue weighted by molar-refractivity contribution is -0.253. The maximum atomic E-state index is 14.1. The van der Waals surface area contributed by atoms with E-state index in [-0.39, 0.29) is 34.6 Å². The smallest absolute Gasteiger partial charge is 0.358 e. The molecule has 0 amide bonds. The van der Waals surface area contributed by atoms with Crippen molar-refractivity contribution in [2.75, 3.05) is 13.2 Å². The van der Waals surface area contributed by atoms with Gasteiger partial charge in [-0.2, -0.15) is 0 Å². The van der Waals surface area contributed by atoms with Gasteiger partial charge in [0.25, 0.3) is 0 Å².